The molecule has 0 aliphatic carbocycles. The number of carboxylic acid groups (broad SMARTS) is 1. The minimum Gasteiger partial charge on any atom is -0.480 e. The van der Waals surface area contributed by atoms with Crippen molar-refractivity contribution < 1.29 is 11.3 Å². The highest BCUT2D eigenvalue weighted by Gasteiger charge is 2.09. The van der Waals surface area contributed by atoms with Gasteiger partial charge in [-0.2, -0.15) is 0 Å². The van der Waals surface area contributed by atoms with Crippen molar-refractivity contribution in [2.24, 2.45) is 0 Å². The maximum Gasteiger partial charge on any atom is 0.325 e. The molecule has 0 radical (unpaired) electrons. The molecule has 0 aromatic carbocycles. The molecule has 1 aromatic heterocycles. The van der Waals surface area contributed by atoms with E-state index < -0.39 is 12.0 Å². The smallest absolute Gasteiger partial charge is 0.325 e. The predicted molar refractivity (Wildman–Crippen MR) is 39.3 cm³/mol. The van der Waals surface area contributed by atoms with Gasteiger partial charge in [-0.3, -0.25) is 4.79 Å². The van der Waals surface area contributed by atoms with Gasteiger partial charge >= 0.3 is 5.97 Å². The maximum atomic E-state index is 10.4. The first-order valence-electron chi connectivity index (χ1n) is 3.61. The Bertz CT molecular complexity index is 286. The number of aromatic nitrogens is 2. The van der Waals surface area contributed by atoms with Crippen LogP contribution < -0.4 is 5.32 Å². The first-order valence-corrected chi connectivity index (χ1v) is 3.11. The number of aliphatic carboxylic acids is 1. The van der Waals surface area contributed by atoms with Crippen LogP contribution >= 0.6 is 0 Å². The van der Waals surface area contributed by atoms with Crippen molar-refractivity contribution in [2.45, 2.75) is 13.0 Å². The Morgan fingerprint density at radius 1 is 2.09 bits per heavy atom. The predicted octanol–water partition coefficient (Wildman–Crippen LogP) is 0.295. The normalized spacial score (nSPS) is 13.7. The number of anilines is 1. The zero-order chi connectivity index (χ0) is 9.14. The van der Waals surface area contributed by atoms with Gasteiger partial charge in [0.25, 0.3) is 0 Å². The second-order valence-corrected chi connectivity index (χ2v) is 2.10. The summed E-state index contributed by atoms with van der Waals surface area (Å²) < 4.78 is 7.01. The summed E-state index contributed by atoms with van der Waals surface area (Å²) in [4.78, 5) is 16.5. The molecule has 1 rings (SSSR count). The van der Waals surface area contributed by atoms with Crippen LogP contribution in [-0.2, 0) is 4.79 Å². The molecule has 3 N–H and O–H groups in total. The minimum atomic E-state index is -0.954. The van der Waals surface area contributed by atoms with E-state index in [-0.39, 0.29) is 6.30 Å². The number of rotatable bonds is 3. The number of nitrogens with one attached hydrogen (secondary N) is 2. The fourth-order valence-electron chi connectivity index (χ4n) is 0.583. The molecule has 0 amide bonds. The Morgan fingerprint density at radius 3 is 3.27 bits per heavy atom. The molecule has 0 bridgehead atoms. The molecule has 11 heavy (non-hydrogen) atoms. The number of hydrogen-bond donors (Lipinski definition) is 3. The van der Waals surface area contributed by atoms with Crippen LogP contribution in [-0.4, -0.2) is 27.1 Å². The summed E-state index contributed by atoms with van der Waals surface area (Å²) in [5.41, 5.74) is 0. The van der Waals surface area contributed by atoms with Crippen LogP contribution in [0.4, 0.5) is 5.82 Å². The van der Waals surface area contributed by atoms with Crippen LogP contribution in [0.25, 0.3) is 0 Å². The second kappa shape index (κ2) is 3.05. The van der Waals surface area contributed by atoms with E-state index in [4.69, 9.17) is 6.48 Å². The first-order chi connectivity index (χ1) is 5.59. The van der Waals surface area contributed by atoms with E-state index >= 15 is 0 Å². The number of imidazole rings is 1. The Labute approximate surface area is 64.9 Å². The molecule has 0 fully saturated rings. The molecule has 0 aliphatic heterocycles. The third-order valence-electron chi connectivity index (χ3n) is 1.18. The Morgan fingerprint density at radius 2 is 2.82 bits per heavy atom. The number of carboxylic acids is 1. The van der Waals surface area contributed by atoms with Gasteiger partial charge in [0.05, 0.1) is 6.30 Å². The van der Waals surface area contributed by atoms with Crippen LogP contribution in [0, 0.1) is 0 Å². The zero-order valence-corrected chi connectivity index (χ0v) is 5.96. The summed E-state index contributed by atoms with van der Waals surface area (Å²) in [5, 5.41) is 11.1. The van der Waals surface area contributed by atoms with E-state index in [1.165, 1.54) is 13.1 Å². The lowest BCUT2D eigenvalue weighted by atomic mass is 10.3. The fourth-order valence-corrected chi connectivity index (χ4v) is 0.583. The SMILES string of the molecule is [2H]c1nc(N[C@@H](C)C(=O)O)c[nH]1. The van der Waals surface area contributed by atoms with Crippen molar-refractivity contribution in [1.82, 2.24) is 9.97 Å². The Hall–Kier alpha value is -1.52. The lowest BCUT2D eigenvalue weighted by Gasteiger charge is -2.05. The van der Waals surface area contributed by atoms with Crippen molar-refractivity contribution in [3.05, 3.63) is 12.5 Å². The van der Waals surface area contributed by atoms with E-state index in [0.29, 0.717) is 5.82 Å². The molecule has 1 aromatic rings. The topological polar surface area (TPSA) is 78.0 Å². The van der Waals surface area contributed by atoms with Gasteiger partial charge in [-0.15, -0.1) is 0 Å². The van der Waals surface area contributed by atoms with E-state index in [9.17, 15) is 4.79 Å². The first kappa shape index (κ1) is 6.21. The summed E-state index contributed by atoms with van der Waals surface area (Å²) in [7, 11) is 0. The maximum absolute atomic E-state index is 10.4. The van der Waals surface area contributed by atoms with Crippen molar-refractivity contribution in [2.75, 3.05) is 5.32 Å². The van der Waals surface area contributed by atoms with Gasteiger partial charge in [-0.05, 0) is 6.92 Å². The van der Waals surface area contributed by atoms with Gasteiger partial charge in [0, 0.05) is 6.20 Å². The summed E-state index contributed by atoms with van der Waals surface area (Å²) in [6.07, 6.45) is 1.46. The molecule has 0 aliphatic rings. The molecule has 0 spiro atoms. The van der Waals surface area contributed by atoms with E-state index in [1.54, 1.807) is 0 Å². The molecule has 60 valence electrons. The molecular weight excluding hydrogens is 146 g/mol. The zero-order valence-electron chi connectivity index (χ0n) is 6.96. The molecule has 5 heteroatoms. The molecule has 5 nitrogen and oxygen atoms in total. The van der Waals surface area contributed by atoms with Crippen molar-refractivity contribution in [3.63, 3.8) is 0 Å². The summed E-state index contributed by atoms with van der Waals surface area (Å²) in [6, 6.07) is -0.701. The number of aromatic amines is 1. The largest absolute Gasteiger partial charge is 0.480 e. The van der Waals surface area contributed by atoms with Gasteiger partial charge in [0.2, 0.25) is 0 Å². The monoisotopic (exact) mass is 156 g/mol. The number of hydrogen-bond acceptors (Lipinski definition) is 3. The minimum absolute atomic E-state index is 0.00934. The lowest BCUT2D eigenvalue weighted by molar-refractivity contribution is -0.137. The van der Waals surface area contributed by atoms with Crippen molar-refractivity contribution >= 4 is 11.8 Å². The molecular formula is C6H9N3O2. The van der Waals surface area contributed by atoms with Crippen LogP contribution in [0.2, 0.25) is 0 Å². The number of carbonyl (C=O) groups is 1. The van der Waals surface area contributed by atoms with E-state index in [2.05, 4.69) is 15.3 Å². The number of nitrogens with zero attached hydrogens (tertiary/aromatic N) is 1. The molecule has 1 atom stereocenters. The fraction of sp³-hybridized carbons (Fsp3) is 0.333. The molecule has 0 unspecified atom stereocenters. The van der Waals surface area contributed by atoms with Gasteiger partial charge in [0.15, 0.2) is 0 Å². The van der Waals surface area contributed by atoms with Gasteiger partial charge in [0.1, 0.15) is 13.2 Å². The van der Waals surface area contributed by atoms with Crippen molar-refractivity contribution in [3.8, 4) is 0 Å². The highest BCUT2D eigenvalue weighted by molar-refractivity contribution is 5.76. The summed E-state index contributed by atoms with van der Waals surface area (Å²) in [5.74, 6) is -0.584. The third-order valence-corrected chi connectivity index (χ3v) is 1.18. The van der Waals surface area contributed by atoms with Gasteiger partial charge in [-0.1, -0.05) is 0 Å². The number of H-pyrrole nitrogens is 1. The Kier molecular flexibility index (Phi) is 1.72. The summed E-state index contributed by atoms with van der Waals surface area (Å²) in [6.45, 7) is 1.50. The highest BCUT2D eigenvalue weighted by atomic mass is 16.4. The van der Waals surface area contributed by atoms with Crippen molar-refractivity contribution in [1.29, 1.82) is 0 Å². The standard InChI is InChI=1S/C6H9N3O2/c1-4(6(10)11)9-5-2-7-3-8-5/h2-4,9H,1H3,(H,7,8)(H,10,11)/t4-/m0/s1/i3D. The highest BCUT2D eigenvalue weighted by Crippen LogP contribution is 2.00. The van der Waals surface area contributed by atoms with E-state index in [1.807, 2.05) is 0 Å². The van der Waals surface area contributed by atoms with Crippen LogP contribution in [0.3, 0.4) is 0 Å². The van der Waals surface area contributed by atoms with Crippen LogP contribution in [0.1, 0.15) is 8.29 Å². The molecule has 0 saturated carbocycles. The quantitative estimate of drug-likeness (QED) is 0.588. The average Bonchev–Trinajstić information content (AvgIpc) is 2.35. The van der Waals surface area contributed by atoms with E-state index in [0.717, 1.165) is 0 Å². The average molecular weight is 156 g/mol. The van der Waals surface area contributed by atoms with Gasteiger partial charge in [-0.25, -0.2) is 4.98 Å². The third kappa shape index (κ3) is 1.96. The molecule has 0 saturated heterocycles. The molecule has 1 heterocycles. The van der Waals surface area contributed by atoms with Gasteiger partial charge < -0.3 is 15.4 Å². The Balaban J connectivity index is 2.58. The second-order valence-electron chi connectivity index (χ2n) is 2.10. The lowest BCUT2D eigenvalue weighted by Crippen LogP contribution is -2.25. The summed E-state index contributed by atoms with van der Waals surface area (Å²) >= 11 is 0. The van der Waals surface area contributed by atoms with Crippen LogP contribution in [0.15, 0.2) is 12.5 Å². The van der Waals surface area contributed by atoms with Crippen LogP contribution in [0.5, 0.6) is 0 Å².